The van der Waals surface area contributed by atoms with Crippen molar-refractivity contribution in [3.63, 3.8) is 0 Å². The lowest BCUT2D eigenvalue weighted by Crippen LogP contribution is -2.22. The summed E-state index contributed by atoms with van der Waals surface area (Å²) < 4.78 is 1.68. The molecule has 1 saturated heterocycles. The summed E-state index contributed by atoms with van der Waals surface area (Å²) in [6.07, 6.45) is 5.36. The van der Waals surface area contributed by atoms with Crippen molar-refractivity contribution in [2.45, 2.75) is 25.8 Å². The van der Waals surface area contributed by atoms with Crippen LogP contribution in [0.2, 0.25) is 5.02 Å². The molecule has 152 valence electrons. The molecule has 2 aromatic heterocycles. The van der Waals surface area contributed by atoms with Gasteiger partial charge in [-0.25, -0.2) is 9.78 Å². The number of imide groups is 1. The van der Waals surface area contributed by atoms with E-state index in [1.54, 1.807) is 16.8 Å². The molecule has 5 rings (SSSR count). The molecular weight excluding hydrogens is 406 g/mol. The van der Waals surface area contributed by atoms with Gasteiger partial charge in [-0.2, -0.15) is 9.61 Å². The molecule has 3 heterocycles. The topological polar surface area (TPSA) is 112 Å². The van der Waals surface area contributed by atoms with Crippen LogP contribution in [0, 0.1) is 6.92 Å². The van der Waals surface area contributed by atoms with E-state index in [2.05, 4.69) is 31.3 Å². The molecule has 1 saturated carbocycles. The van der Waals surface area contributed by atoms with Gasteiger partial charge in [0.15, 0.2) is 5.65 Å². The maximum absolute atomic E-state index is 11.9. The first-order valence-corrected chi connectivity index (χ1v) is 9.87. The van der Waals surface area contributed by atoms with Crippen molar-refractivity contribution in [1.29, 1.82) is 0 Å². The fourth-order valence-corrected chi connectivity index (χ4v) is 3.51. The van der Waals surface area contributed by atoms with Crippen LogP contribution >= 0.6 is 11.6 Å². The van der Waals surface area contributed by atoms with E-state index in [1.165, 1.54) is 0 Å². The largest absolute Gasteiger partial charge is 0.367 e. The van der Waals surface area contributed by atoms with Crippen molar-refractivity contribution < 1.29 is 9.59 Å². The van der Waals surface area contributed by atoms with E-state index in [-0.39, 0.29) is 5.70 Å². The molecule has 1 aromatic carbocycles. The normalized spacial score (nSPS) is 17.3. The molecule has 2 aliphatic rings. The number of carbonyl (C=O) groups excluding carboxylic acids is 2. The SMILES string of the molecule is Cc1cccc(Cl)c1Nc1cc(NC2CC2)n2ncc(/C=C3\NC(=O)NC3=O)c2n1. The molecule has 0 bridgehead atoms. The number of carbonyl (C=O) groups is 2. The van der Waals surface area contributed by atoms with Crippen LogP contribution < -0.4 is 21.3 Å². The summed E-state index contributed by atoms with van der Waals surface area (Å²) in [6, 6.07) is 7.39. The van der Waals surface area contributed by atoms with Crippen LogP contribution in [0.4, 0.5) is 22.1 Å². The standard InChI is InChI=1S/C20H18ClN7O2/c1-10-3-2-4-13(21)17(10)25-15-8-16(23-12-5-6-12)28-18(26-15)11(9-22-28)7-14-19(29)27-20(30)24-14/h2-4,7-9,12,23H,5-6H2,1H3,(H,25,26)(H2,24,27,29,30)/b14-7-. The molecule has 4 N–H and O–H groups in total. The third-order valence-corrected chi connectivity index (χ3v) is 5.24. The number of aromatic nitrogens is 3. The number of para-hydroxylation sites is 1. The van der Waals surface area contributed by atoms with E-state index >= 15 is 0 Å². The van der Waals surface area contributed by atoms with Crippen molar-refractivity contribution in [2.24, 2.45) is 0 Å². The maximum atomic E-state index is 11.9. The first kappa shape index (κ1) is 18.4. The van der Waals surface area contributed by atoms with Crippen molar-refractivity contribution in [3.8, 4) is 0 Å². The summed E-state index contributed by atoms with van der Waals surface area (Å²) in [7, 11) is 0. The van der Waals surface area contributed by atoms with Crippen LogP contribution in [-0.2, 0) is 4.79 Å². The van der Waals surface area contributed by atoms with E-state index in [9.17, 15) is 9.59 Å². The fourth-order valence-electron chi connectivity index (χ4n) is 3.24. The van der Waals surface area contributed by atoms with Gasteiger partial charge in [0.2, 0.25) is 0 Å². The number of rotatable bonds is 5. The molecule has 0 unspecified atom stereocenters. The van der Waals surface area contributed by atoms with E-state index in [0.717, 1.165) is 29.9 Å². The minimum atomic E-state index is -0.552. The van der Waals surface area contributed by atoms with Crippen LogP contribution in [-0.4, -0.2) is 32.6 Å². The second kappa shape index (κ2) is 7.03. The van der Waals surface area contributed by atoms with E-state index in [4.69, 9.17) is 11.6 Å². The van der Waals surface area contributed by atoms with Gasteiger partial charge in [-0.05, 0) is 37.5 Å². The molecule has 1 aliphatic heterocycles. The van der Waals surface area contributed by atoms with Gasteiger partial charge in [-0.15, -0.1) is 0 Å². The quantitative estimate of drug-likeness (QED) is 0.370. The van der Waals surface area contributed by atoms with Gasteiger partial charge >= 0.3 is 6.03 Å². The minimum Gasteiger partial charge on any atom is -0.367 e. The summed E-state index contributed by atoms with van der Waals surface area (Å²) >= 11 is 6.37. The average Bonchev–Trinajstić information content (AvgIpc) is 3.34. The van der Waals surface area contributed by atoms with E-state index in [1.807, 2.05) is 31.2 Å². The van der Waals surface area contributed by atoms with Crippen LogP contribution in [0.1, 0.15) is 24.0 Å². The number of halogens is 1. The lowest BCUT2D eigenvalue weighted by molar-refractivity contribution is -0.115. The molecule has 1 aliphatic carbocycles. The Morgan fingerprint density at radius 1 is 1.27 bits per heavy atom. The number of fused-ring (bicyclic) bond motifs is 1. The number of hydrogen-bond acceptors (Lipinski definition) is 6. The zero-order chi connectivity index (χ0) is 20.8. The van der Waals surface area contributed by atoms with Gasteiger partial charge in [0.05, 0.1) is 16.9 Å². The first-order chi connectivity index (χ1) is 14.5. The predicted octanol–water partition coefficient (Wildman–Crippen LogP) is 3.19. The monoisotopic (exact) mass is 423 g/mol. The zero-order valence-electron chi connectivity index (χ0n) is 16.0. The predicted molar refractivity (Wildman–Crippen MR) is 114 cm³/mol. The highest BCUT2D eigenvalue weighted by Gasteiger charge is 2.25. The minimum absolute atomic E-state index is 0.147. The third-order valence-electron chi connectivity index (χ3n) is 4.92. The number of nitrogens with one attached hydrogen (secondary N) is 4. The van der Waals surface area contributed by atoms with Gasteiger partial charge in [-0.1, -0.05) is 23.7 Å². The number of urea groups is 1. The van der Waals surface area contributed by atoms with Crippen molar-refractivity contribution in [2.75, 3.05) is 10.6 Å². The Bertz CT molecular complexity index is 1210. The Morgan fingerprint density at radius 3 is 2.80 bits per heavy atom. The molecule has 9 nitrogen and oxygen atoms in total. The lowest BCUT2D eigenvalue weighted by Gasteiger charge is -2.14. The molecular formula is C20H18ClN7O2. The number of aryl methyl sites for hydroxylation is 1. The van der Waals surface area contributed by atoms with E-state index in [0.29, 0.717) is 28.1 Å². The zero-order valence-corrected chi connectivity index (χ0v) is 16.7. The van der Waals surface area contributed by atoms with Crippen LogP contribution in [0.3, 0.4) is 0 Å². The van der Waals surface area contributed by atoms with Crippen molar-refractivity contribution in [1.82, 2.24) is 25.2 Å². The number of anilines is 3. The average molecular weight is 424 g/mol. The van der Waals surface area contributed by atoms with Gasteiger partial charge < -0.3 is 16.0 Å². The van der Waals surface area contributed by atoms with Gasteiger partial charge in [0.25, 0.3) is 5.91 Å². The van der Waals surface area contributed by atoms with Gasteiger partial charge in [0, 0.05) is 17.7 Å². The molecule has 3 amide bonds. The van der Waals surface area contributed by atoms with E-state index < -0.39 is 11.9 Å². The van der Waals surface area contributed by atoms with Crippen LogP contribution in [0.15, 0.2) is 36.2 Å². The highest BCUT2D eigenvalue weighted by atomic mass is 35.5. The molecule has 10 heteroatoms. The van der Waals surface area contributed by atoms with Crippen molar-refractivity contribution >= 4 is 52.6 Å². The fraction of sp³-hybridized carbons (Fsp3) is 0.200. The Kier molecular flexibility index (Phi) is 4.32. The Labute approximate surface area is 176 Å². The molecule has 3 aromatic rings. The van der Waals surface area contributed by atoms with Crippen molar-refractivity contribution in [3.05, 3.63) is 52.3 Å². The highest BCUT2D eigenvalue weighted by molar-refractivity contribution is 6.33. The Morgan fingerprint density at radius 2 is 2.10 bits per heavy atom. The first-order valence-electron chi connectivity index (χ1n) is 9.49. The number of amides is 3. The second-order valence-electron chi connectivity index (χ2n) is 7.30. The molecule has 0 atom stereocenters. The summed E-state index contributed by atoms with van der Waals surface area (Å²) in [5.74, 6) is 0.873. The molecule has 0 spiro atoms. The molecule has 0 radical (unpaired) electrons. The smallest absolute Gasteiger partial charge is 0.326 e. The third kappa shape index (κ3) is 3.43. The number of benzene rings is 1. The maximum Gasteiger partial charge on any atom is 0.326 e. The molecule has 30 heavy (non-hydrogen) atoms. The van der Waals surface area contributed by atoms with Gasteiger partial charge in [0.1, 0.15) is 17.3 Å². The van der Waals surface area contributed by atoms with Crippen LogP contribution in [0.5, 0.6) is 0 Å². The Hall–Kier alpha value is -3.59. The number of hydrogen-bond donors (Lipinski definition) is 4. The molecule has 2 fully saturated rings. The van der Waals surface area contributed by atoms with Gasteiger partial charge in [-0.3, -0.25) is 10.1 Å². The number of nitrogens with zero attached hydrogens (tertiary/aromatic N) is 3. The second-order valence-corrected chi connectivity index (χ2v) is 7.71. The summed E-state index contributed by atoms with van der Waals surface area (Å²) in [4.78, 5) is 28.0. The highest BCUT2D eigenvalue weighted by Crippen LogP contribution is 2.31. The lowest BCUT2D eigenvalue weighted by atomic mass is 10.2. The summed E-state index contributed by atoms with van der Waals surface area (Å²) in [5, 5.41) is 16.4. The van der Waals surface area contributed by atoms with Crippen LogP contribution in [0.25, 0.3) is 11.7 Å². The summed E-state index contributed by atoms with van der Waals surface area (Å²) in [6.45, 7) is 1.96. The summed E-state index contributed by atoms with van der Waals surface area (Å²) in [5.41, 5.74) is 3.04. The Balaban J connectivity index is 1.60.